The van der Waals surface area contributed by atoms with Gasteiger partial charge in [0.25, 0.3) is 0 Å². The second-order valence-electron chi connectivity index (χ2n) is 1.89. The zero-order valence-electron chi connectivity index (χ0n) is 5.33. The van der Waals surface area contributed by atoms with Gasteiger partial charge in [0.05, 0.1) is 12.2 Å². The Hall–Kier alpha value is -0.380. The van der Waals surface area contributed by atoms with Crippen LogP contribution in [0, 0.1) is 0 Å². The molecule has 0 heterocycles. The Kier molecular flexibility index (Phi) is 4.30. The van der Waals surface area contributed by atoms with Crippen molar-refractivity contribution in [3.05, 3.63) is 12.7 Å². The highest BCUT2D eigenvalue weighted by atomic mass is 16.3. The fraction of sp³-hybridized carbons (Fsp3) is 0.667. The van der Waals surface area contributed by atoms with E-state index in [1.807, 2.05) is 0 Å². The van der Waals surface area contributed by atoms with Crippen molar-refractivity contribution in [2.24, 2.45) is 5.73 Å². The van der Waals surface area contributed by atoms with E-state index in [4.69, 9.17) is 15.9 Å². The Balaban J connectivity index is 3.44. The van der Waals surface area contributed by atoms with Crippen LogP contribution in [-0.2, 0) is 0 Å². The lowest BCUT2D eigenvalue weighted by Crippen LogP contribution is -2.32. The van der Waals surface area contributed by atoms with E-state index >= 15 is 0 Å². The van der Waals surface area contributed by atoms with Gasteiger partial charge in [0, 0.05) is 6.54 Å². The molecule has 0 radical (unpaired) electrons. The van der Waals surface area contributed by atoms with Crippen molar-refractivity contribution < 1.29 is 10.2 Å². The number of rotatable bonds is 4. The highest BCUT2D eigenvalue weighted by Gasteiger charge is 2.11. The summed E-state index contributed by atoms with van der Waals surface area (Å²) in [5, 5.41) is 17.8. The van der Waals surface area contributed by atoms with Crippen LogP contribution in [0.1, 0.15) is 6.42 Å². The monoisotopic (exact) mass is 131 g/mol. The number of nitrogens with two attached hydrogens (primary N) is 1. The van der Waals surface area contributed by atoms with Crippen molar-refractivity contribution >= 4 is 0 Å². The summed E-state index contributed by atoms with van der Waals surface area (Å²) in [6.45, 7) is 3.50. The van der Waals surface area contributed by atoms with Gasteiger partial charge in [-0.1, -0.05) is 6.08 Å². The van der Waals surface area contributed by atoms with E-state index in [0.717, 1.165) is 0 Å². The summed E-state index contributed by atoms with van der Waals surface area (Å²) in [7, 11) is 0. The van der Waals surface area contributed by atoms with Gasteiger partial charge in [-0.25, -0.2) is 0 Å². The van der Waals surface area contributed by atoms with Crippen LogP contribution in [0.2, 0.25) is 0 Å². The molecule has 3 heteroatoms. The van der Waals surface area contributed by atoms with Gasteiger partial charge in [-0.05, 0) is 6.42 Å². The Morgan fingerprint density at radius 3 is 2.33 bits per heavy atom. The van der Waals surface area contributed by atoms with E-state index in [0.29, 0.717) is 6.42 Å². The fourth-order valence-electron chi connectivity index (χ4n) is 0.485. The molecule has 0 rings (SSSR count). The Morgan fingerprint density at radius 1 is 1.44 bits per heavy atom. The minimum absolute atomic E-state index is 0.0923. The third-order valence-electron chi connectivity index (χ3n) is 1.09. The molecular formula is C6H13NO2. The van der Waals surface area contributed by atoms with Crippen molar-refractivity contribution in [2.75, 3.05) is 6.54 Å². The van der Waals surface area contributed by atoms with Crippen molar-refractivity contribution in [3.8, 4) is 0 Å². The zero-order chi connectivity index (χ0) is 7.28. The second-order valence-corrected chi connectivity index (χ2v) is 1.89. The van der Waals surface area contributed by atoms with Crippen LogP contribution in [0.4, 0.5) is 0 Å². The third kappa shape index (κ3) is 3.24. The molecule has 0 spiro atoms. The van der Waals surface area contributed by atoms with Crippen LogP contribution >= 0.6 is 0 Å². The van der Waals surface area contributed by atoms with E-state index in [1.165, 1.54) is 0 Å². The molecule has 0 aromatic carbocycles. The highest BCUT2D eigenvalue weighted by molar-refractivity contribution is 4.77. The molecule has 0 aromatic rings. The van der Waals surface area contributed by atoms with Crippen LogP contribution in [0.25, 0.3) is 0 Å². The number of aliphatic hydroxyl groups excluding tert-OH is 2. The molecule has 0 saturated heterocycles. The highest BCUT2D eigenvalue weighted by Crippen LogP contribution is 1.96. The molecule has 4 N–H and O–H groups in total. The third-order valence-corrected chi connectivity index (χ3v) is 1.09. The summed E-state index contributed by atoms with van der Waals surface area (Å²) in [4.78, 5) is 0. The van der Waals surface area contributed by atoms with Gasteiger partial charge >= 0.3 is 0 Å². The Bertz CT molecular complexity index is 85.1. The molecule has 9 heavy (non-hydrogen) atoms. The Labute approximate surface area is 54.8 Å². The quantitative estimate of drug-likeness (QED) is 0.439. The summed E-state index contributed by atoms with van der Waals surface area (Å²) in [6.07, 6.45) is 0.359. The molecule has 3 nitrogen and oxygen atoms in total. The molecule has 0 aromatic heterocycles. The van der Waals surface area contributed by atoms with Crippen molar-refractivity contribution in [1.82, 2.24) is 0 Å². The molecular weight excluding hydrogens is 118 g/mol. The first-order valence-corrected chi connectivity index (χ1v) is 2.89. The molecule has 2 unspecified atom stereocenters. The van der Waals surface area contributed by atoms with E-state index < -0.39 is 12.2 Å². The van der Waals surface area contributed by atoms with Crippen LogP contribution in [0.15, 0.2) is 12.7 Å². The largest absolute Gasteiger partial charge is 0.390 e. The molecule has 0 aliphatic rings. The average molecular weight is 131 g/mol. The smallest absolute Gasteiger partial charge is 0.0923 e. The predicted molar refractivity (Wildman–Crippen MR) is 35.9 cm³/mol. The topological polar surface area (TPSA) is 66.5 Å². The fourth-order valence-corrected chi connectivity index (χ4v) is 0.485. The lowest BCUT2D eigenvalue weighted by molar-refractivity contribution is 0.0276. The van der Waals surface area contributed by atoms with Gasteiger partial charge in [-0.3, -0.25) is 0 Å². The number of hydrogen-bond acceptors (Lipinski definition) is 3. The summed E-state index contributed by atoms with van der Waals surface area (Å²) in [5.74, 6) is 0. The zero-order valence-corrected chi connectivity index (χ0v) is 5.33. The molecule has 2 atom stereocenters. The molecule has 0 bridgehead atoms. The van der Waals surface area contributed by atoms with Crippen molar-refractivity contribution in [1.29, 1.82) is 0 Å². The average Bonchev–Trinajstić information content (AvgIpc) is 1.87. The lowest BCUT2D eigenvalue weighted by atomic mass is 10.1. The van der Waals surface area contributed by atoms with Crippen molar-refractivity contribution in [2.45, 2.75) is 18.6 Å². The van der Waals surface area contributed by atoms with E-state index in [2.05, 4.69) is 6.58 Å². The van der Waals surface area contributed by atoms with Crippen LogP contribution in [0.3, 0.4) is 0 Å². The SMILES string of the molecule is C=CCC(O)C(O)CN. The van der Waals surface area contributed by atoms with Crippen LogP contribution < -0.4 is 5.73 Å². The summed E-state index contributed by atoms with van der Waals surface area (Å²) < 4.78 is 0. The molecule has 0 aliphatic heterocycles. The second kappa shape index (κ2) is 4.49. The van der Waals surface area contributed by atoms with Gasteiger partial charge in [0.2, 0.25) is 0 Å². The molecule has 0 amide bonds. The van der Waals surface area contributed by atoms with E-state index in [-0.39, 0.29) is 6.54 Å². The predicted octanol–water partition coefficient (Wildman–Crippen LogP) is -0.757. The van der Waals surface area contributed by atoms with E-state index in [9.17, 15) is 0 Å². The maximum Gasteiger partial charge on any atom is 0.0923 e. The maximum absolute atomic E-state index is 8.92. The minimum Gasteiger partial charge on any atom is -0.390 e. The van der Waals surface area contributed by atoms with Crippen molar-refractivity contribution in [3.63, 3.8) is 0 Å². The summed E-state index contributed by atoms with van der Waals surface area (Å²) in [6, 6.07) is 0. The molecule has 0 aliphatic carbocycles. The molecule has 0 saturated carbocycles. The van der Waals surface area contributed by atoms with Crippen LogP contribution in [0.5, 0.6) is 0 Å². The Morgan fingerprint density at radius 2 is 2.00 bits per heavy atom. The minimum atomic E-state index is -0.817. The standard InChI is InChI=1S/C6H13NO2/c1-2-3-5(8)6(9)4-7/h2,5-6,8-9H,1,3-4,7H2. The lowest BCUT2D eigenvalue weighted by Gasteiger charge is -2.12. The van der Waals surface area contributed by atoms with Gasteiger partial charge in [-0.15, -0.1) is 6.58 Å². The first-order chi connectivity index (χ1) is 4.22. The number of hydrogen-bond donors (Lipinski definition) is 3. The van der Waals surface area contributed by atoms with Gasteiger partial charge in [0.15, 0.2) is 0 Å². The summed E-state index contributed by atoms with van der Waals surface area (Å²) >= 11 is 0. The first-order valence-electron chi connectivity index (χ1n) is 2.89. The van der Waals surface area contributed by atoms with Gasteiger partial charge in [0.1, 0.15) is 0 Å². The maximum atomic E-state index is 8.92. The van der Waals surface area contributed by atoms with Gasteiger partial charge in [-0.2, -0.15) is 0 Å². The van der Waals surface area contributed by atoms with Crippen LogP contribution in [-0.4, -0.2) is 29.0 Å². The molecule has 54 valence electrons. The number of aliphatic hydroxyl groups is 2. The molecule has 0 fully saturated rings. The summed E-state index contributed by atoms with van der Waals surface area (Å²) in [5.41, 5.74) is 5.06. The van der Waals surface area contributed by atoms with Gasteiger partial charge < -0.3 is 15.9 Å². The first kappa shape index (κ1) is 8.62. The van der Waals surface area contributed by atoms with E-state index in [1.54, 1.807) is 6.08 Å². The normalized spacial score (nSPS) is 16.8.